The first-order valence-electron chi connectivity index (χ1n) is 4.42. The summed E-state index contributed by atoms with van der Waals surface area (Å²) in [5.41, 5.74) is -0.384. The summed E-state index contributed by atoms with van der Waals surface area (Å²) in [4.78, 5) is 24.5. The van der Waals surface area contributed by atoms with Gasteiger partial charge in [0.1, 0.15) is 0 Å². The maximum atomic E-state index is 11.7. The molecule has 1 unspecified atom stereocenters. The first kappa shape index (κ1) is 10.6. The Kier molecular flexibility index (Phi) is 2.71. The van der Waals surface area contributed by atoms with Crippen molar-refractivity contribution in [2.45, 2.75) is 44.9 Å². The molecule has 2 amide bonds. The van der Waals surface area contributed by atoms with Crippen LogP contribution >= 0.6 is 11.8 Å². The lowest BCUT2D eigenvalue weighted by molar-refractivity contribution is -0.129. The second-order valence-corrected chi connectivity index (χ2v) is 5.28. The largest absolute Gasteiger partial charge is 0.289 e. The van der Waals surface area contributed by atoms with Crippen LogP contribution in [0.2, 0.25) is 0 Å². The van der Waals surface area contributed by atoms with Gasteiger partial charge >= 0.3 is 0 Å². The van der Waals surface area contributed by atoms with Gasteiger partial charge in [0.15, 0.2) is 0 Å². The molecule has 0 aliphatic carbocycles. The van der Waals surface area contributed by atoms with Crippen molar-refractivity contribution in [2.75, 3.05) is 0 Å². The van der Waals surface area contributed by atoms with Crippen LogP contribution in [0.1, 0.15) is 34.1 Å². The lowest BCUT2D eigenvalue weighted by atomic mass is 10.1. The highest BCUT2D eigenvalue weighted by Gasteiger charge is 2.43. The highest BCUT2D eigenvalue weighted by atomic mass is 32.2. The van der Waals surface area contributed by atoms with Gasteiger partial charge in [0.2, 0.25) is 5.91 Å². The first-order chi connectivity index (χ1) is 5.88. The highest BCUT2D eigenvalue weighted by Crippen LogP contribution is 2.33. The zero-order valence-electron chi connectivity index (χ0n) is 8.46. The third-order valence-corrected chi connectivity index (χ3v) is 3.17. The van der Waals surface area contributed by atoms with E-state index in [1.165, 1.54) is 4.90 Å². The molecule has 0 spiro atoms. The van der Waals surface area contributed by atoms with Gasteiger partial charge in [0.25, 0.3) is 5.24 Å². The number of imide groups is 1. The maximum absolute atomic E-state index is 11.7. The number of nitrogens with zero attached hydrogens (tertiary/aromatic N) is 1. The van der Waals surface area contributed by atoms with Crippen molar-refractivity contribution in [1.29, 1.82) is 0 Å². The fourth-order valence-electron chi connectivity index (χ4n) is 1.32. The number of carbonyl (C=O) groups excluding carboxylic acids is 2. The molecule has 1 rings (SSSR count). The molecule has 0 bridgehead atoms. The van der Waals surface area contributed by atoms with Gasteiger partial charge in [-0.2, -0.15) is 0 Å². The molecule has 1 heterocycles. The smallest absolute Gasteiger partial charge is 0.273 e. The van der Waals surface area contributed by atoms with Gasteiger partial charge in [0.05, 0.1) is 5.25 Å². The summed E-state index contributed by atoms with van der Waals surface area (Å²) >= 11 is 1.15. The third-order valence-electron chi connectivity index (χ3n) is 1.96. The van der Waals surface area contributed by atoms with Crippen LogP contribution < -0.4 is 0 Å². The lowest BCUT2D eigenvalue weighted by Gasteiger charge is -2.29. The predicted molar refractivity (Wildman–Crippen MR) is 53.7 cm³/mol. The Morgan fingerprint density at radius 2 is 1.92 bits per heavy atom. The number of rotatable bonds is 1. The molecule has 0 aromatic carbocycles. The number of hydrogen-bond acceptors (Lipinski definition) is 3. The van der Waals surface area contributed by atoms with E-state index in [2.05, 4.69) is 0 Å². The minimum absolute atomic E-state index is 0.0370. The van der Waals surface area contributed by atoms with E-state index < -0.39 is 0 Å². The normalized spacial score (nSPS) is 24.3. The second-order valence-electron chi connectivity index (χ2n) is 4.13. The van der Waals surface area contributed by atoms with Gasteiger partial charge in [-0.3, -0.25) is 14.5 Å². The quantitative estimate of drug-likeness (QED) is 0.653. The van der Waals surface area contributed by atoms with Crippen molar-refractivity contribution < 1.29 is 9.59 Å². The fraction of sp³-hybridized carbons (Fsp3) is 0.778. The van der Waals surface area contributed by atoms with Crippen molar-refractivity contribution >= 4 is 22.9 Å². The fourth-order valence-corrected chi connectivity index (χ4v) is 2.41. The summed E-state index contributed by atoms with van der Waals surface area (Å²) in [6.45, 7) is 7.55. The molecule has 0 aromatic heterocycles. The van der Waals surface area contributed by atoms with E-state index in [1.54, 1.807) is 0 Å². The standard InChI is InChI=1S/C9H15NO2S/c1-5-6-7(11)10(8(12)13-6)9(2,3)4/h6H,5H2,1-4H3. The Balaban J connectivity index is 2.89. The highest BCUT2D eigenvalue weighted by molar-refractivity contribution is 8.15. The molecule has 74 valence electrons. The molecule has 1 saturated heterocycles. The second kappa shape index (κ2) is 3.33. The van der Waals surface area contributed by atoms with E-state index in [4.69, 9.17) is 0 Å². The van der Waals surface area contributed by atoms with Crippen LogP contribution in [0, 0.1) is 0 Å². The van der Waals surface area contributed by atoms with E-state index in [0.717, 1.165) is 18.2 Å². The Bertz CT molecular complexity index is 244. The topological polar surface area (TPSA) is 37.4 Å². The van der Waals surface area contributed by atoms with E-state index in [1.807, 2.05) is 27.7 Å². The van der Waals surface area contributed by atoms with Crippen LogP contribution in [0.4, 0.5) is 4.79 Å². The van der Waals surface area contributed by atoms with Crippen LogP contribution in [0.5, 0.6) is 0 Å². The number of amides is 2. The molecule has 13 heavy (non-hydrogen) atoms. The molecule has 1 aliphatic rings. The summed E-state index contributed by atoms with van der Waals surface area (Å²) < 4.78 is 0. The van der Waals surface area contributed by atoms with Crippen LogP contribution in [0.25, 0.3) is 0 Å². The van der Waals surface area contributed by atoms with Crippen molar-refractivity contribution in [3.8, 4) is 0 Å². The van der Waals surface area contributed by atoms with Crippen LogP contribution in [0.3, 0.4) is 0 Å². The third kappa shape index (κ3) is 1.88. The van der Waals surface area contributed by atoms with Crippen molar-refractivity contribution in [1.82, 2.24) is 4.90 Å². The van der Waals surface area contributed by atoms with Crippen molar-refractivity contribution in [3.05, 3.63) is 0 Å². The molecule has 1 atom stereocenters. The molecule has 0 N–H and O–H groups in total. The zero-order valence-corrected chi connectivity index (χ0v) is 9.27. The molecule has 0 radical (unpaired) electrons. The molecule has 1 fully saturated rings. The molecule has 1 aliphatic heterocycles. The Labute approximate surface area is 82.9 Å². The van der Waals surface area contributed by atoms with Crippen LogP contribution in [0.15, 0.2) is 0 Å². The van der Waals surface area contributed by atoms with Gasteiger partial charge in [-0.15, -0.1) is 0 Å². The van der Waals surface area contributed by atoms with E-state index in [9.17, 15) is 9.59 Å². The molecule has 4 heteroatoms. The van der Waals surface area contributed by atoms with E-state index in [0.29, 0.717) is 0 Å². The predicted octanol–water partition coefficient (Wildman–Crippen LogP) is 2.26. The van der Waals surface area contributed by atoms with Gasteiger partial charge in [-0.1, -0.05) is 18.7 Å². The zero-order chi connectivity index (χ0) is 10.2. The Morgan fingerprint density at radius 1 is 1.38 bits per heavy atom. The van der Waals surface area contributed by atoms with Gasteiger partial charge in [-0.05, 0) is 27.2 Å². The Hall–Kier alpha value is -0.510. The summed E-state index contributed by atoms with van der Waals surface area (Å²) in [6, 6.07) is 0. The maximum Gasteiger partial charge on any atom is 0.289 e. The van der Waals surface area contributed by atoms with Gasteiger partial charge in [-0.25, -0.2) is 0 Å². The molecule has 0 aromatic rings. The summed E-state index contributed by atoms with van der Waals surface area (Å²) in [5, 5.41) is -0.268. The SMILES string of the molecule is CCC1SC(=O)N(C(C)(C)C)C1=O. The average Bonchev–Trinajstić information content (AvgIpc) is 2.24. The first-order valence-corrected chi connectivity index (χ1v) is 5.30. The summed E-state index contributed by atoms with van der Waals surface area (Å²) in [5.74, 6) is -0.0370. The molecular formula is C9H15NO2S. The average molecular weight is 201 g/mol. The summed E-state index contributed by atoms with van der Waals surface area (Å²) in [6.07, 6.45) is 0.724. The van der Waals surface area contributed by atoms with Crippen LogP contribution in [-0.4, -0.2) is 26.8 Å². The van der Waals surface area contributed by atoms with Gasteiger partial charge in [0, 0.05) is 5.54 Å². The monoisotopic (exact) mass is 201 g/mol. The Morgan fingerprint density at radius 3 is 2.15 bits per heavy atom. The number of thioether (sulfide) groups is 1. The van der Waals surface area contributed by atoms with Gasteiger partial charge < -0.3 is 0 Å². The van der Waals surface area contributed by atoms with E-state index >= 15 is 0 Å². The van der Waals surface area contributed by atoms with Crippen molar-refractivity contribution in [3.63, 3.8) is 0 Å². The molecular weight excluding hydrogens is 186 g/mol. The minimum atomic E-state index is -0.384. The van der Waals surface area contributed by atoms with Crippen LogP contribution in [-0.2, 0) is 4.79 Å². The van der Waals surface area contributed by atoms with E-state index in [-0.39, 0.29) is 21.9 Å². The van der Waals surface area contributed by atoms with Crippen molar-refractivity contribution in [2.24, 2.45) is 0 Å². The minimum Gasteiger partial charge on any atom is -0.273 e. The number of carbonyl (C=O) groups is 2. The lowest BCUT2D eigenvalue weighted by Crippen LogP contribution is -2.45. The molecule has 3 nitrogen and oxygen atoms in total. The summed E-state index contributed by atoms with van der Waals surface area (Å²) in [7, 11) is 0. The molecule has 0 saturated carbocycles. The number of hydrogen-bond donors (Lipinski definition) is 0.